The molecule has 2 aromatic rings. The van der Waals surface area contributed by atoms with Crippen molar-refractivity contribution < 1.29 is 4.79 Å². The monoisotopic (exact) mass is 373 g/mol. The van der Waals surface area contributed by atoms with Crippen LogP contribution in [0.2, 0.25) is 0 Å². The molecule has 1 aromatic carbocycles. The van der Waals surface area contributed by atoms with Gasteiger partial charge in [-0.3, -0.25) is 9.69 Å². The maximum absolute atomic E-state index is 12.4. The minimum Gasteiger partial charge on any atom is -0.399 e. The topological polar surface area (TPSA) is 49.6 Å². The first-order valence-electron chi connectivity index (χ1n) is 7.12. The number of carbonyl (C=O) groups is 1. The van der Waals surface area contributed by atoms with E-state index in [1.807, 2.05) is 4.90 Å². The van der Waals surface area contributed by atoms with Crippen molar-refractivity contribution in [2.45, 2.75) is 6.54 Å². The summed E-state index contributed by atoms with van der Waals surface area (Å²) < 4.78 is 0. The number of amides is 1. The second kappa shape index (κ2) is 9.13. The fourth-order valence-corrected chi connectivity index (χ4v) is 3.29. The van der Waals surface area contributed by atoms with E-state index in [0.29, 0.717) is 5.69 Å². The lowest BCUT2D eigenvalue weighted by molar-refractivity contribution is 0.0629. The van der Waals surface area contributed by atoms with E-state index in [9.17, 15) is 4.79 Å². The van der Waals surface area contributed by atoms with Crippen LogP contribution >= 0.6 is 36.2 Å². The number of nitrogen functional groups attached to an aromatic ring is 1. The zero-order valence-electron chi connectivity index (χ0n) is 12.7. The summed E-state index contributed by atoms with van der Waals surface area (Å²) in [6.45, 7) is 4.42. The van der Waals surface area contributed by atoms with Crippen LogP contribution in [0.5, 0.6) is 0 Å². The predicted octanol–water partition coefficient (Wildman–Crippen LogP) is 3.13. The van der Waals surface area contributed by atoms with E-state index in [-0.39, 0.29) is 30.7 Å². The lowest BCUT2D eigenvalue weighted by Gasteiger charge is -2.34. The SMILES string of the molecule is Cl.Cl.Nc1ccc(C(=O)N2CCN(Cc3cccs3)CC2)cc1. The Kier molecular flexibility index (Phi) is 7.85. The lowest BCUT2D eigenvalue weighted by Crippen LogP contribution is -2.48. The van der Waals surface area contributed by atoms with Crippen LogP contribution in [0, 0.1) is 0 Å². The average molecular weight is 374 g/mol. The van der Waals surface area contributed by atoms with Crippen LogP contribution in [0.4, 0.5) is 5.69 Å². The van der Waals surface area contributed by atoms with Gasteiger partial charge in [-0.1, -0.05) is 6.07 Å². The normalized spacial score (nSPS) is 14.7. The lowest BCUT2D eigenvalue weighted by atomic mass is 10.1. The molecular formula is C16H21Cl2N3OS. The molecule has 3 rings (SSSR count). The Balaban J connectivity index is 0.00000132. The third-order valence-electron chi connectivity index (χ3n) is 3.78. The smallest absolute Gasteiger partial charge is 0.253 e. The van der Waals surface area contributed by atoms with Gasteiger partial charge >= 0.3 is 0 Å². The molecule has 1 aliphatic rings. The molecular weight excluding hydrogens is 353 g/mol. The Bertz CT molecular complexity index is 596. The molecule has 1 fully saturated rings. The highest BCUT2D eigenvalue weighted by Gasteiger charge is 2.22. The summed E-state index contributed by atoms with van der Waals surface area (Å²) in [5, 5.41) is 2.11. The minimum absolute atomic E-state index is 0. The molecule has 7 heteroatoms. The van der Waals surface area contributed by atoms with Crippen molar-refractivity contribution in [3.05, 3.63) is 52.2 Å². The molecule has 2 heterocycles. The molecule has 0 unspecified atom stereocenters. The number of nitrogens with two attached hydrogens (primary N) is 1. The third-order valence-corrected chi connectivity index (χ3v) is 4.64. The first-order chi connectivity index (χ1) is 10.2. The Morgan fingerprint density at radius 3 is 2.26 bits per heavy atom. The van der Waals surface area contributed by atoms with E-state index >= 15 is 0 Å². The predicted molar refractivity (Wildman–Crippen MR) is 101 cm³/mol. The molecule has 1 saturated heterocycles. The van der Waals surface area contributed by atoms with E-state index in [2.05, 4.69) is 22.4 Å². The van der Waals surface area contributed by atoms with Crippen molar-refractivity contribution in [3.63, 3.8) is 0 Å². The fraction of sp³-hybridized carbons (Fsp3) is 0.312. The molecule has 0 radical (unpaired) electrons. The first-order valence-corrected chi connectivity index (χ1v) is 8.00. The maximum Gasteiger partial charge on any atom is 0.253 e. The number of carbonyl (C=O) groups excluding carboxylic acids is 1. The maximum atomic E-state index is 12.4. The highest BCUT2D eigenvalue weighted by Crippen LogP contribution is 2.15. The molecule has 2 N–H and O–H groups in total. The van der Waals surface area contributed by atoms with Gasteiger partial charge in [0.05, 0.1) is 0 Å². The highest BCUT2D eigenvalue weighted by atomic mass is 35.5. The fourth-order valence-electron chi connectivity index (χ4n) is 2.54. The quantitative estimate of drug-likeness (QED) is 0.840. The number of thiophene rings is 1. The summed E-state index contributed by atoms with van der Waals surface area (Å²) in [5.41, 5.74) is 7.06. The van der Waals surface area contributed by atoms with Crippen molar-refractivity contribution in [2.24, 2.45) is 0 Å². The molecule has 1 aliphatic heterocycles. The molecule has 4 nitrogen and oxygen atoms in total. The number of hydrogen-bond donors (Lipinski definition) is 1. The number of benzene rings is 1. The summed E-state index contributed by atoms with van der Waals surface area (Å²) in [4.78, 5) is 18.1. The van der Waals surface area contributed by atoms with Crippen LogP contribution in [-0.2, 0) is 6.54 Å². The van der Waals surface area contributed by atoms with E-state index in [0.717, 1.165) is 38.3 Å². The number of halogens is 2. The largest absolute Gasteiger partial charge is 0.399 e. The van der Waals surface area contributed by atoms with E-state index in [1.54, 1.807) is 35.6 Å². The van der Waals surface area contributed by atoms with Gasteiger partial charge in [-0.2, -0.15) is 0 Å². The van der Waals surface area contributed by atoms with Gasteiger partial charge in [0.25, 0.3) is 5.91 Å². The van der Waals surface area contributed by atoms with E-state index in [4.69, 9.17) is 5.73 Å². The summed E-state index contributed by atoms with van der Waals surface area (Å²) in [7, 11) is 0. The second-order valence-corrected chi connectivity index (χ2v) is 6.30. The van der Waals surface area contributed by atoms with Crippen molar-refractivity contribution in [2.75, 3.05) is 31.9 Å². The van der Waals surface area contributed by atoms with Gasteiger partial charge in [-0.25, -0.2) is 0 Å². The van der Waals surface area contributed by atoms with Gasteiger partial charge in [0.1, 0.15) is 0 Å². The first kappa shape index (κ1) is 19.8. The van der Waals surface area contributed by atoms with E-state index < -0.39 is 0 Å². The number of nitrogens with zero attached hydrogens (tertiary/aromatic N) is 2. The van der Waals surface area contributed by atoms with Crippen LogP contribution in [0.15, 0.2) is 41.8 Å². The molecule has 0 bridgehead atoms. The molecule has 0 aliphatic carbocycles. The van der Waals surface area contributed by atoms with Gasteiger partial charge in [0.15, 0.2) is 0 Å². The summed E-state index contributed by atoms with van der Waals surface area (Å²) >= 11 is 1.79. The zero-order valence-corrected chi connectivity index (χ0v) is 15.1. The van der Waals surface area contributed by atoms with Gasteiger partial charge in [-0.05, 0) is 35.7 Å². The number of rotatable bonds is 3. The molecule has 23 heavy (non-hydrogen) atoms. The number of hydrogen-bond acceptors (Lipinski definition) is 4. The molecule has 0 spiro atoms. The van der Waals surface area contributed by atoms with Crippen molar-refractivity contribution in [1.82, 2.24) is 9.80 Å². The standard InChI is InChI=1S/C16H19N3OS.2ClH/c17-14-5-3-13(4-6-14)16(20)19-9-7-18(8-10-19)12-15-2-1-11-21-15;;/h1-6,11H,7-10,12,17H2;2*1H. The van der Waals surface area contributed by atoms with Crippen LogP contribution in [0.3, 0.4) is 0 Å². The minimum atomic E-state index is 0. The van der Waals surface area contributed by atoms with Gasteiger partial charge in [-0.15, -0.1) is 36.2 Å². The van der Waals surface area contributed by atoms with Crippen LogP contribution in [-0.4, -0.2) is 41.9 Å². The summed E-state index contributed by atoms with van der Waals surface area (Å²) in [5.74, 6) is 0.103. The molecule has 0 atom stereocenters. The Morgan fingerprint density at radius 1 is 1.04 bits per heavy atom. The summed E-state index contributed by atoms with van der Waals surface area (Å²) in [6, 6.07) is 11.4. The Hall–Kier alpha value is -1.27. The van der Waals surface area contributed by atoms with Crippen molar-refractivity contribution in [3.8, 4) is 0 Å². The summed E-state index contributed by atoms with van der Waals surface area (Å²) in [6.07, 6.45) is 0. The average Bonchev–Trinajstić information content (AvgIpc) is 3.01. The molecule has 1 aromatic heterocycles. The van der Waals surface area contributed by atoms with Crippen LogP contribution < -0.4 is 5.73 Å². The van der Waals surface area contributed by atoms with Crippen molar-refractivity contribution in [1.29, 1.82) is 0 Å². The van der Waals surface area contributed by atoms with Crippen LogP contribution in [0.1, 0.15) is 15.2 Å². The van der Waals surface area contributed by atoms with Crippen molar-refractivity contribution >= 4 is 47.7 Å². The zero-order chi connectivity index (χ0) is 14.7. The number of piperazine rings is 1. The van der Waals surface area contributed by atoms with Crippen LogP contribution in [0.25, 0.3) is 0 Å². The highest BCUT2D eigenvalue weighted by molar-refractivity contribution is 7.09. The number of anilines is 1. The third kappa shape index (κ3) is 5.11. The molecule has 0 saturated carbocycles. The Morgan fingerprint density at radius 2 is 1.70 bits per heavy atom. The van der Waals surface area contributed by atoms with E-state index in [1.165, 1.54) is 4.88 Å². The van der Waals surface area contributed by atoms with Gasteiger partial charge in [0, 0.05) is 48.9 Å². The molecule has 1 amide bonds. The molecule has 126 valence electrons. The Labute approximate surface area is 153 Å². The van der Waals surface area contributed by atoms with Gasteiger partial charge in [0.2, 0.25) is 0 Å². The second-order valence-electron chi connectivity index (χ2n) is 5.27. The van der Waals surface area contributed by atoms with Gasteiger partial charge < -0.3 is 10.6 Å².